The summed E-state index contributed by atoms with van der Waals surface area (Å²) in [5.41, 5.74) is 3.93. The molecule has 1 heterocycles. The molecule has 1 aromatic carbocycles. The molecule has 0 saturated heterocycles. The molecule has 30 heavy (non-hydrogen) atoms. The van der Waals surface area contributed by atoms with E-state index in [4.69, 9.17) is 0 Å². The van der Waals surface area contributed by atoms with E-state index >= 15 is 0 Å². The quantitative estimate of drug-likeness (QED) is 0.612. The van der Waals surface area contributed by atoms with E-state index in [2.05, 4.69) is 16.1 Å². The summed E-state index contributed by atoms with van der Waals surface area (Å²) >= 11 is 1.05. The maximum absolute atomic E-state index is 12.9. The van der Waals surface area contributed by atoms with Gasteiger partial charge in [-0.3, -0.25) is 4.79 Å². The Morgan fingerprint density at radius 3 is 2.37 bits per heavy atom. The number of nitrogens with zero attached hydrogens (tertiary/aromatic N) is 1. The maximum atomic E-state index is 12.9. The van der Waals surface area contributed by atoms with Crippen LogP contribution in [0.15, 0.2) is 21.7 Å². The monoisotopic (exact) mass is 443 g/mol. The van der Waals surface area contributed by atoms with Crippen LogP contribution in [0.5, 0.6) is 0 Å². The number of carbonyl (C=O) groups excluding carboxylic acids is 1. The average molecular weight is 444 g/mol. The van der Waals surface area contributed by atoms with E-state index in [1.54, 1.807) is 11.4 Å². The number of nitriles is 1. The fourth-order valence-electron chi connectivity index (χ4n) is 4.83. The molecule has 1 saturated carbocycles. The minimum Gasteiger partial charge on any atom is -0.374 e. The molecule has 2 aromatic rings. The standard InChI is InChI=1S/C21H21N3O4S2/c22-11-16-12-4-1-6-14(12)19(15-7-2-5-13(15)16)23-20(25)17-10-21(17,26)24-30(27,28)18-8-3-9-29-18/h3,8-9,17,24,26H,1-2,4-7,10H2,(H,23,25). The summed E-state index contributed by atoms with van der Waals surface area (Å²) in [6.07, 6.45) is 5.22. The van der Waals surface area contributed by atoms with Crippen LogP contribution in [0.4, 0.5) is 5.69 Å². The van der Waals surface area contributed by atoms with Gasteiger partial charge >= 0.3 is 0 Å². The van der Waals surface area contributed by atoms with Crippen LogP contribution in [-0.4, -0.2) is 25.2 Å². The second kappa shape index (κ2) is 6.89. The predicted octanol–water partition coefficient (Wildman–Crippen LogP) is 2.22. The molecule has 0 bridgehead atoms. The number of aliphatic hydroxyl groups is 1. The zero-order valence-electron chi connectivity index (χ0n) is 16.2. The molecule has 2 unspecified atom stereocenters. The van der Waals surface area contributed by atoms with Gasteiger partial charge in [0, 0.05) is 12.1 Å². The van der Waals surface area contributed by atoms with Gasteiger partial charge in [-0.1, -0.05) is 6.07 Å². The zero-order chi connectivity index (χ0) is 21.1. The molecule has 1 aromatic heterocycles. The molecule has 0 spiro atoms. The number of nitrogens with one attached hydrogen (secondary N) is 2. The Morgan fingerprint density at radius 1 is 1.17 bits per heavy atom. The number of anilines is 1. The van der Waals surface area contributed by atoms with Crippen LogP contribution in [0.25, 0.3) is 0 Å². The molecule has 0 aliphatic heterocycles. The number of amides is 1. The number of hydrogen-bond donors (Lipinski definition) is 3. The summed E-state index contributed by atoms with van der Waals surface area (Å²) < 4.78 is 27.2. The first-order valence-electron chi connectivity index (χ1n) is 10.0. The Hall–Kier alpha value is -2.25. The van der Waals surface area contributed by atoms with Crippen LogP contribution in [0, 0.1) is 17.2 Å². The van der Waals surface area contributed by atoms with Gasteiger partial charge in [0.1, 0.15) is 9.93 Å². The largest absolute Gasteiger partial charge is 0.374 e. The van der Waals surface area contributed by atoms with Crippen molar-refractivity contribution in [3.8, 4) is 6.07 Å². The van der Waals surface area contributed by atoms with E-state index in [9.17, 15) is 23.6 Å². The summed E-state index contributed by atoms with van der Waals surface area (Å²) in [5.74, 6) is -1.24. The Labute approximate surface area is 178 Å². The lowest BCUT2D eigenvalue weighted by Crippen LogP contribution is -2.40. The highest BCUT2D eigenvalue weighted by molar-refractivity contribution is 7.91. The van der Waals surface area contributed by atoms with E-state index in [0.717, 1.165) is 83.4 Å². The first-order valence-corrected chi connectivity index (χ1v) is 12.4. The van der Waals surface area contributed by atoms with Crippen LogP contribution < -0.4 is 10.0 Å². The zero-order valence-corrected chi connectivity index (χ0v) is 17.8. The topological polar surface area (TPSA) is 119 Å². The molecular formula is C21H21N3O4S2. The number of thiophene rings is 1. The lowest BCUT2D eigenvalue weighted by Gasteiger charge is -2.18. The van der Waals surface area contributed by atoms with Crippen molar-refractivity contribution in [3.05, 3.63) is 45.3 Å². The van der Waals surface area contributed by atoms with Crippen molar-refractivity contribution in [3.63, 3.8) is 0 Å². The van der Waals surface area contributed by atoms with E-state index in [-0.39, 0.29) is 16.5 Å². The smallest absolute Gasteiger partial charge is 0.252 e. The van der Waals surface area contributed by atoms with Crippen LogP contribution >= 0.6 is 11.3 Å². The van der Waals surface area contributed by atoms with Crippen molar-refractivity contribution in [2.45, 2.75) is 54.9 Å². The molecule has 5 rings (SSSR count). The predicted molar refractivity (Wildman–Crippen MR) is 112 cm³/mol. The summed E-state index contributed by atoms with van der Waals surface area (Å²) in [5, 5.41) is 24.9. The summed E-state index contributed by atoms with van der Waals surface area (Å²) in [6, 6.07) is 5.44. The van der Waals surface area contributed by atoms with Gasteiger partial charge in [-0.15, -0.1) is 11.3 Å². The third kappa shape index (κ3) is 3.06. The number of fused-ring (bicyclic) bond motifs is 2. The second-order valence-electron chi connectivity index (χ2n) is 8.19. The molecule has 3 aliphatic rings. The Kier molecular flexibility index (Phi) is 4.52. The molecular weight excluding hydrogens is 422 g/mol. The fourth-order valence-corrected chi connectivity index (χ4v) is 7.12. The highest BCUT2D eigenvalue weighted by Gasteiger charge is 2.60. The van der Waals surface area contributed by atoms with Gasteiger partial charge in [0.15, 0.2) is 0 Å². The van der Waals surface area contributed by atoms with Crippen molar-refractivity contribution in [2.24, 2.45) is 5.92 Å². The van der Waals surface area contributed by atoms with Crippen molar-refractivity contribution in [1.82, 2.24) is 4.72 Å². The molecule has 0 radical (unpaired) electrons. The second-order valence-corrected chi connectivity index (χ2v) is 11.0. The fraction of sp³-hybridized carbons (Fsp3) is 0.429. The molecule has 7 nitrogen and oxygen atoms in total. The van der Waals surface area contributed by atoms with Gasteiger partial charge in [0.25, 0.3) is 10.0 Å². The first-order chi connectivity index (χ1) is 14.3. The third-order valence-corrected chi connectivity index (χ3v) is 9.22. The Balaban J connectivity index is 1.40. The van der Waals surface area contributed by atoms with Crippen LogP contribution in [0.1, 0.15) is 47.1 Å². The highest BCUT2D eigenvalue weighted by Crippen LogP contribution is 2.45. The van der Waals surface area contributed by atoms with Gasteiger partial charge in [0.05, 0.1) is 17.6 Å². The minimum absolute atomic E-state index is 0.0318. The van der Waals surface area contributed by atoms with Crippen molar-refractivity contribution in [2.75, 3.05) is 5.32 Å². The molecule has 3 N–H and O–H groups in total. The summed E-state index contributed by atoms with van der Waals surface area (Å²) in [7, 11) is -3.88. The number of rotatable bonds is 5. The van der Waals surface area contributed by atoms with Gasteiger partial charge in [-0.25, -0.2) is 8.42 Å². The van der Waals surface area contributed by atoms with E-state index in [0.29, 0.717) is 0 Å². The molecule has 156 valence electrons. The lowest BCUT2D eigenvalue weighted by atomic mass is 9.92. The van der Waals surface area contributed by atoms with E-state index in [1.807, 2.05) is 0 Å². The average Bonchev–Trinajstić information content (AvgIpc) is 3.26. The Bertz CT molecular complexity index is 1160. The van der Waals surface area contributed by atoms with Crippen molar-refractivity contribution in [1.29, 1.82) is 5.26 Å². The van der Waals surface area contributed by atoms with Crippen LogP contribution in [0.2, 0.25) is 0 Å². The minimum atomic E-state index is -3.88. The Morgan fingerprint density at radius 2 is 1.80 bits per heavy atom. The molecule has 1 amide bonds. The van der Waals surface area contributed by atoms with Gasteiger partial charge in [-0.05, 0) is 72.2 Å². The number of benzene rings is 1. The normalized spacial score (nSPS) is 24.2. The molecule has 1 fully saturated rings. The van der Waals surface area contributed by atoms with Gasteiger partial charge < -0.3 is 10.4 Å². The number of sulfonamides is 1. The highest BCUT2D eigenvalue weighted by atomic mass is 32.2. The van der Waals surface area contributed by atoms with Crippen molar-refractivity contribution < 1.29 is 18.3 Å². The van der Waals surface area contributed by atoms with Gasteiger partial charge in [-0.2, -0.15) is 9.98 Å². The molecule has 2 atom stereocenters. The summed E-state index contributed by atoms with van der Waals surface area (Å²) in [6.45, 7) is 0. The number of carbonyl (C=O) groups is 1. The maximum Gasteiger partial charge on any atom is 0.252 e. The van der Waals surface area contributed by atoms with Crippen LogP contribution in [-0.2, 0) is 40.5 Å². The van der Waals surface area contributed by atoms with Crippen LogP contribution in [0.3, 0.4) is 0 Å². The molecule has 3 aliphatic carbocycles. The van der Waals surface area contributed by atoms with Gasteiger partial charge in [0.2, 0.25) is 5.91 Å². The van der Waals surface area contributed by atoms with Crippen molar-refractivity contribution >= 4 is 33.0 Å². The molecule has 9 heteroatoms. The number of hydrogen-bond acceptors (Lipinski definition) is 6. The lowest BCUT2D eigenvalue weighted by molar-refractivity contribution is -0.118. The third-order valence-electron chi connectivity index (χ3n) is 6.32. The first kappa shape index (κ1) is 19.7. The SMILES string of the molecule is N#Cc1c2c(c(NC(=O)C3CC3(O)NS(=O)(=O)c3cccs3)c3c1CCC3)CCC2. The summed E-state index contributed by atoms with van der Waals surface area (Å²) in [4.78, 5) is 12.9. The van der Waals surface area contributed by atoms with E-state index < -0.39 is 21.7 Å². The van der Waals surface area contributed by atoms with E-state index in [1.165, 1.54) is 6.07 Å².